The predicted molar refractivity (Wildman–Crippen MR) is 163 cm³/mol. The van der Waals surface area contributed by atoms with E-state index < -0.39 is 34.3 Å². The zero-order valence-corrected chi connectivity index (χ0v) is 26.0. The first-order valence-electron chi connectivity index (χ1n) is 13.7. The molecular weight excluding hydrogens is 620 g/mol. The number of hydrogen-bond acceptors (Lipinski definition) is 6. The quantitative estimate of drug-likeness (QED) is 0.280. The molecule has 0 saturated heterocycles. The number of amides is 2. The highest BCUT2D eigenvalue weighted by atomic mass is 35.5. The van der Waals surface area contributed by atoms with Crippen molar-refractivity contribution in [2.45, 2.75) is 44.2 Å². The second-order valence-electron chi connectivity index (χ2n) is 9.77. The summed E-state index contributed by atoms with van der Waals surface area (Å²) in [7, 11) is -4.40. The summed E-state index contributed by atoms with van der Waals surface area (Å²) in [6, 6.07) is 12.7. The molecule has 0 unspecified atom stereocenters. The van der Waals surface area contributed by atoms with Gasteiger partial charge in [-0.05, 0) is 66.9 Å². The number of nitrogens with zero attached hydrogens (tertiary/aromatic N) is 2. The second kappa shape index (κ2) is 14.3. The Hall–Kier alpha value is -3.54. The number of anilines is 1. The summed E-state index contributed by atoms with van der Waals surface area (Å²) < 4.78 is 54.0. The molecule has 13 heteroatoms. The van der Waals surface area contributed by atoms with Crippen LogP contribution < -0.4 is 19.1 Å². The van der Waals surface area contributed by atoms with Crippen LogP contribution in [0.1, 0.15) is 32.3 Å². The van der Waals surface area contributed by atoms with Crippen molar-refractivity contribution < 1.29 is 31.9 Å². The van der Waals surface area contributed by atoms with E-state index in [0.717, 1.165) is 16.4 Å². The van der Waals surface area contributed by atoms with E-state index in [0.29, 0.717) is 35.9 Å². The summed E-state index contributed by atoms with van der Waals surface area (Å²) in [6.45, 7) is 3.85. The van der Waals surface area contributed by atoms with Crippen LogP contribution in [0.2, 0.25) is 10.0 Å². The number of sulfonamides is 1. The summed E-state index contributed by atoms with van der Waals surface area (Å²) in [6.07, 6.45) is 0.934. The molecule has 0 spiro atoms. The van der Waals surface area contributed by atoms with E-state index in [1.807, 2.05) is 6.92 Å². The molecule has 0 fully saturated rings. The minimum absolute atomic E-state index is 0.0533. The number of carbonyl (C=O) groups excluding carboxylic acids is 2. The number of benzene rings is 3. The molecule has 1 heterocycles. The average molecular weight is 653 g/mol. The first-order valence-corrected chi connectivity index (χ1v) is 15.9. The molecule has 9 nitrogen and oxygen atoms in total. The maximum Gasteiger partial charge on any atom is 0.264 e. The Morgan fingerprint density at radius 1 is 0.977 bits per heavy atom. The molecule has 1 atom stereocenters. The lowest BCUT2D eigenvalue weighted by Gasteiger charge is -2.33. The van der Waals surface area contributed by atoms with Crippen molar-refractivity contribution in [2.24, 2.45) is 0 Å². The number of hydrogen-bond donors (Lipinski definition) is 1. The van der Waals surface area contributed by atoms with Crippen LogP contribution in [-0.2, 0) is 26.2 Å². The molecule has 230 valence electrons. The molecule has 0 aliphatic carbocycles. The fourth-order valence-corrected chi connectivity index (χ4v) is 6.46. The van der Waals surface area contributed by atoms with Crippen molar-refractivity contribution >= 4 is 50.7 Å². The molecule has 1 aliphatic rings. The third-order valence-corrected chi connectivity index (χ3v) is 9.14. The lowest BCUT2D eigenvalue weighted by molar-refractivity contribution is -0.140. The van der Waals surface area contributed by atoms with E-state index in [9.17, 15) is 22.4 Å². The van der Waals surface area contributed by atoms with E-state index >= 15 is 0 Å². The molecule has 1 N–H and O–H groups in total. The standard InChI is InChI=1S/C30H32Cl2FN3O6S/c1-3-13-34-30(38)26(4-2)35(18-20-5-6-21(31)16-25(20)32)29(37)19-36(23-9-7-22(33)8-10-23)43(39,40)24-11-12-27-28(17-24)42-15-14-41-27/h5-12,16-17,26H,3-4,13-15,18-19H2,1-2H3,(H,34,38)/t26-/m1/s1. The molecular formula is C30H32Cl2FN3O6S. The fraction of sp³-hybridized carbons (Fsp3) is 0.333. The van der Waals surface area contributed by atoms with E-state index in [4.69, 9.17) is 32.7 Å². The van der Waals surface area contributed by atoms with Crippen LogP contribution in [0.5, 0.6) is 11.5 Å². The Bertz CT molecular complexity index is 1570. The highest BCUT2D eigenvalue weighted by molar-refractivity contribution is 7.92. The van der Waals surface area contributed by atoms with Crippen molar-refractivity contribution in [1.82, 2.24) is 10.2 Å². The average Bonchev–Trinajstić information content (AvgIpc) is 2.99. The lowest BCUT2D eigenvalue weighted by atomic mass is 10.1. The van der Waals surface area contributed by atoms with Crippen molar-refractivity contribution in [3.05, 3.63) is 82.1 Å². The Kier molecular flexibility index (Phi) is 10.8. The number of nitrogens with one attached hydrogen (secondary N) is 1. The predicted octanol–water partition coefficient (Wildman–Crippen LogP) is 5.43. The van der Waals surface area contributed by atoms with Gasteiger partial charge >= 0.3 is 0 Å². The van der Waals surface area contributed by atoms with Gasteiger partial charge in [0.15, 0.2) is 11.5 Å². The SMILES string of the molecule is CCCNC(=O)[C@@H](CC)N(Cc1ccc(Cl)cc1Cl)C(=O)CN(c1ccc(F)cc1)S(=O)(=O)c1ccc2c(c1)OCCO2. The van der Waals surface area contributed by atoms with E-state index in [1.165, 1.54) is 41.3 Å². The molecule has 0 bridgehead atoms. The van der Waals surface area contributed by atoms with Gasteiger partial charge in [-0.15, -0.1) is 0 Å². The summed E-state index contributed by atoms with van der Waals surface area (Å²) in [5.41, 5.74) is 0.571. The minimum Gasteiger partial charge on any atom is -0.486 e. The van der Waals surface area contributed by atoms with Crippen LogP contribution in [0.4, 0.5) is 10.1 Å². The highest BCUT2D eigenvalue weighted by Gasteiger charge is 2.34. The maximum atomic E-state index is 14.1. The second-order valence-corrected chi connectivity index (χ2v) is 12.5. The third kappa shape index (κ3) is 7.70. The van der Waals surface area contributed by atoms with Crippen molar-refractivity contribution in [1.29, 1.82) is 0 Å². The summed E-state index contributed by atoms with van der Waals surface area (Å²) in [5.74, 6) is -0.995. The molecule has 43 heavy (non-hydrogen) atoms. The molecule has 3 aromatic carbocycles. The van der Waals surface area contributed by atoms with Crippen LogP contribution in [0.3, 0.4) is 0 Å². The van der Waals surface area contributed by atoms with Crippen molar-refractivity contribution in [3.8, 4) is 11.5 Å². The number of halogens is 3. The van der Waals surface area contributed by atoms with Gasteiger partial charge in [-0.3, -0.25) is 13.9 Å². The molecule has 0 aromatic heterocycles. The maximum absolute atomic E-state index is 14.1. The van der Waals surface area contributed by atoms with Gasteiger partial charge < -0.3 is 19.7 Å². The largest absolute Gasteiger partial charge is 0.486 e. The normalized spacial score (nSPS) is 13.2. The fourth-order valence-electron chi connectivity index (χ4n) is 4.57. The topological polar surface area (TPSA) is 105 Å². The Morgan fingerprint density at radius 3 is 2.33 bits per heavy atom. The summed E-state index contributed by atoms with van der Waals surface area (Å²) in [4.78, 5) is 28.5. The van der Waals surface area contributed by atoms with Crippen LogP contribution in [0, 0.1) is 5.82 Å². The van der Waals surface area contributed by atoms with Crippen LogP contribution >= 0.6 is 23.2 Å². The van der Waals surface area contributed by atoms with Gasteiger partial charge in [0.2, 0.25) is 11.8 Å². The molecule has 0 radical (unpaired) electrons. The van der Waals surface area contributed by atoms with Crippen molar-refractivity contribution in [3.63, 3.8) is 0 Å². The minimum atomic E-state index is -4.40. The number of rotatable bonds is 12. The summed E-state index contributed by atoms with van der Waals surface area (Å²) in [5, 5.41) is 3.50. The zero-order chi connectivity index (χ0) is 31.1. The van der Waals surface area contributed by atoms with Gasteiger partial charge in [0.25, 0.3) is 10.0 Å². The lowest BCUT2D eigenvalue weighted by Crippen LogP contribution is -2.52. The molecule has 0 saturated carbocycles. The number of fused-ring (bicyclic) bond motifs is 1. The van der Waals surface area contributed by atoms with Crippen molar-refractivity contribution in [2.75, 3.05) is 30.6 Å². The van der Waals surface area contributed by atoms with Gasteiger partial charge in [-0.1, -0.05) is 43.1 Å². The molecule has 2 amide bonds. The zero-order valence-electron chi connectivity index (χ0n) is 23.7. The van der Waals surface area contributed by atoms with Crippen LogP contribution in [0.25, 0.3) is 0 Å². The van der Waals surface area contributed by atoms with Gasteiger partial charge in [-0.2, -0.15) is 0 Å². The summed E-state index contributed by atoms with van der Waals surface area (Å²) >= 11 is 12.5. The van der Waals surface area contributed by atoms with E-state index in [-0.39, 0.29) is 46.8 Å². The Morgan fingerprint density at radius 2 is 1.67 bits per heavy atom. The van der Waals surface area contributed by atoms with Gasteiger partial charge in [0, 0.05) is 29.2 Å². The molecule has 4 rings (SSSR count). The molecule has 1 aliphatic heterocycles. The Labute approximate surface area is 260 Å². The molecule has 3 aromatic rings. The van der Waals surface area contributed by atoms with E-state index in [1.54, 1.807) is 19.1 Å². The van der Waals surface area contributed by atoms with Crippen LogP contribution in [-0.4, -0.2) is 57.5 Å². The van der Waals surface area contributed by atoms with Crippen LogP contribution in [0.15, 0.2) is 65.6 Å². The van der Waals surface area contributed by atoms with E-state index in [2.05, 4.69) is 5.32 Å². The number of carbonyl (C=O) groups is 2. The van der Waals surface area contributed by atoms with Gasteiger partial charge in [-0.25, -0.2) is 12.8 Å². The first kappa shape index (κ1) is 32.4. The van der Waals surface area contributed by atoms with Gasteiger partial charge in [0.05, 0.1) is 10.6 Å². The number of ether oxygens (including phenoxy) is 2. The smallest absolute Gasteiger partial charge is 0.264 e. The highest BCUT2D eigenvalue weighted by Crippen LogP contribution is 2.34. The first-order chi connectivity index (χ1) is 20.5. The monoisotopic (exact) mass is 651 g/mol. The third-order valence-electron chi connectivity index (χ3n) is 6.79. The van der Waals surface area contributed by atoms with Gasteiger partial charge in [0.1, 0.15) is 31.6 Å². The Balaban J connectivity index is 1.75.